The summed E-state index contributed by atoms with van der Waals surface area (Å²) in [6.45, 7) is 2.20. The van der Waals surface area contributed by atoms with E-state index in [1.807, 2.05) is 0 Å². The number of benzene rings is 2. The van der Waals surface area contributed by atoms with Crippen molar-refractivity contribution in [2.24, 2.45) is 0 Å². The maximum absolute atomic E-state index is 13.6. The fourth-order valence-corrected chi connectivity index (χ4v) is 4.09. The van der Waals surface area contributed by atoms with Crippen LogP contribution < -0.4 is 0 Å². The molecule has 33 heavy (non-hydrogen) atoms. The lowest BCUT2D eigenvalue weighted by Gasteiger charge is -2.34. The number of tetrazole rings is 1. The van der Waals surface area contributed by atoms with E-state index in [1.165, 1.54) is 16.8 Å². The summed E-state index contributed by atoms with van der Waals surface area (Å²) in [5.74, 6) is -0.960. The van der Waals surface area contributed by atoms with Crippen LogP contribution in [-0.4, -0.2) is 85.4 Å². The van der Waals surface area contributed by atoms with Gasteiger partial charge in [-0.25, -0.2) is 4.39 Å². The number of hydrogen-bond donors (Lipinski definition) is 0. The Labute approximate surface area is 188 Å². The van der Waals surface area contributed by atoms with Gasteiger partial charge < -0.3 is 4.90 Å². The lowest BCUT2D eigenvalue weighted by Crippen LogP contribution is -2.51. The number of fused-ring (bicyclic) bond motifs is 1. The van der Waals surface area contributed by atoms with Crippen LogP contribution in [0.1, 0.15) is 26.5 Å². The summed E-state index contributed by atoms with van der Waals surface area (Å²) in [7, 11) is 0. The van der Waals surface area contributed by atoms with Gasteiger partial charge in [-0.2, -0.15) is 4.68 Å². The number of piperazine rings is 1. The average Bonchev–Trinajstić information content (AvgIpc) is 3.38. The van der Waals surface area contributed by atoms with Crippen molar-refractivity contribution in [3.63, 3.8) is 0 Å². The molecule has 10 nitrogen and oxygen atoms in total. The number of imide groups is 1. The van der Waals surface area contributed by atoms with E-state index in [-0.39, 0.29) is 18.3 Å². The zero-order valence-corrected chi connectivity index (χ0v) is 17.6. The molecular formula is C22H20FN7O3. The molecule has 11 heteroatoms. The SMILES string of the molecule is O=C(CN1C(=O)c2ccccc2C1=O)N1CCN(Cc2nnnn2-c2cccc(F)c2)CC1. The Kier molecular flexibility index (Phi) is 5.38. The quantitative estimate of drug-likeness (QED) is 0.529. The van der Waals surface area contributed by atoms with Gasteiger partial charge in [0.15, 0.2) is 5.82 Å². The second kappa shape index (κ2) is 8.51. The molecule has 3 amide bonds. The molecule has 0 aliphatic carbocycles. The molecule has 0 saturated carbocycles. The summed E-state index contributed by atoms with van der Waals surface area (Å²) < 4.78 is 15.1. The predicted octanol–water partition coefficient (Wildman–Crippen LogP) is 0.742. The molecule has 0 atom stereocenters. The van der Waals surface area contributed by atoms with Gasteiger partial charge in [0.25, 0.3) is 11.8 Å². The molecule has 5 rings (SSSR count). The van der Waals surface area contributed by atoms with Crippen molar-refractivity contribution in [1.29, 1.82) is 0 Å². The molecule has 3 heterocycles. The monoisotopic (exact) mass is 449 g/mol. The van der Waals surface area contributed by atoms with Crippen LogP contribution in [0.3, 0.4) is 0 Å². The lowest BCUT2D eigenvalue weighted by atomic mass is 10.1. The Hall–Kier alpha value is -3.99. The molecule has 1 aromatic heterocycles. The molecule has 2 aliphatic rings. The van der Waals surface area contributed by atoms with E-state index in [0.29, 0.717) is 55.4 Å². The molecule has 0 unspecified atom stereocenters. The molecule has 3 aromatic rings. The van der Waals surface area contributed by atoms with E-state index in [4.69, 9.17) is 0 Å². The van der Waals surface area contributed by atoms with Gasteiger partial charge in [0.1, 0.15) is 12.4 Å². The molecule has 168 valence electrons. The third kappa shape index (κ3) is 3.98. The van der Waals surface area contributed by atoms with Crippen LogP contribution in [0.25, 0.3) is 5.69 Å². The fourth-order valence-electron chi connectivity index (χ4n) is 4.09. The highest BCUT2D eigenvalue weighted by atomic mass is 19.1. The van der Waals surface area contributed by atoms with Gasteiger partial charge >= 0.3 is 0 Å². The Balaban J connectivity index is 1.18. The molecule has 2 aromatic carbocycles. The minimum absolute atomic E-state index is 0.270. The highest BCUT2D eigenvalue weighted by molar-refractivity contribution is 6.22. The number of amides is 3. The number of aromatic nitrogens is 4. The second-order valence-electron chi connectivity index (χ2n) is 7.89. The molecule has 0 bridgehead atoms. The third-order valence-corrected chi connectivity index (χ3v) is 5.85. The van der Waals surface area contributed by atoms with Crippen molar-refractivity contribution in [3.05, 3.63) is 71.3 Å². The highest BCUT2D eigenvalue weighted by Crippen LogP contribution is 2.22. The summed E-state index contributed by atoms with van der Waals surface area (Å²) in [6, 6.07) is 12.6. The number of carbonyl (C=O) groups excluding carboxylic acids is 3. The first kappa shape index (κ1) is 20.9. The zero-order valence-electron chi connectivity index (χ0n) is 17.6. The maximum atomic E-state index is 13.6. The Morgan fingerprint density at radius 2 is 1.64 bits per heavy atom. The topological polar surface area (TPSA) is 105 Å². The van der Waals surface area contributed by atoms with Gasteiger partial charge in [0.2, 0.25) is 5.91 Å². The highest BCUT2D eigenvalue weighted by Gasteiger charge is 2.37. The van der Waals surface area contributed by atoms with Crippen LogP contribution in [0.5, 0.6) is 0 Å². The van der Waals surface area contributed by atoms with Crippen molar-refractivity contribution in [2.45, 2.75) is 6.54 Å². The largest absolute Gasteiger partial charge is 0.339 e. The summed E-state index contributed by atoms with van der Waals surface area (Å²) in [5, 5.41) is 11.7. The summed E-state index contributed by atoms with van der Waals surface area (Å²) >= 11 is 0. The van der Waals surface area contributed by atoms with Crippen molar-refractivity contribution < 1.29 is 18.8 Å². The van der Waals surface area contributed by atoms with Crippen molar-refractivity contribution in [2.75, 3.05) is 32.7 Å². The smallest absolute Gasteiger partial charge is 0.262 e. The molecule has 1 saturated heterocycles. The van der Waals surface area contributed by atoms with Crippen LogP contribution in [0.4, 0.5) is 4.39 Å². The van der Waals surface area contributed by atoms with Crippen molar-refractivity contribution >= 4 is 17.7 Å². The van der Waals surface area contributed by atoms with E-state index in [1.54, 1.807) is 41.3 Å². The summed E-state index contributed by atoms with van der Waals surface area (Å²) in [5.41, 5.74) is 1.19. The Morgan fingerprint density at radius 3 is 2.30 bits per heavy atom. The third-order valence-electron chi connectivity index (χ3n) is 5.85. The Bertz CT molecular complexity index is 1200. The number of hydrogen-bond acceptors (Lipinski definition) is 7. The number of rotatable bonds is 5. The molecule has 1 fully saturated rings. The maximum Gasteiger partial charge on any atom is 0.262 e. The van der Waals surface area contributed by atoms with Gasteiger partial charge in [0, 0.05) is 26.2 Å². The van der Waals surface area contributed by atoms with E-state index >= 15 is 0 Å². The van der Waals surface area contributed by atoms with Gasteiger partial charge in [-0.15, -0.1) is 5.10 Å². The normalized spacial score (nSPS) is 16.4. The van der Waals surface area contributed by atoms with E-state index in [0.717, 1.165) is 4.90 Å². The van der Waals surface area contributed by atoms with Crippen LogP contribution >= 0.6 is 0 Å². The fraction of sp³-hybridized carbons (Fsp3) is 0.273. The zero-order chi connectivity index (χ0) is 22.9. The lowest BCUT2D eigenvalue weighted by molar-refractivity contribution is -0.133. The van der Waals surface area contributed by atoms with Crippen LogP contribution in [0.2, 0.25) is 0 Å². The molecule has 0 spiro atoms. The number of carbonyl (C=O) groups is 3. The van der Waals surface area contributed by atoms with Crippen molar-refractivity contribution in [3.8, 4) is 5.69 Å². The van der Waals surface area contributed by atoms with Gasteiger partial charge in [-0.05, 0) is 40.8 Å². The molecule has 0 N–H and O–H groups in total. The van der Waals surface area contributed by atoms with Crippen LogP contribution in [0, 0.1) is 5.82 Å². The molecule has 2 aliphatic heterocycles. The van der Waals surface area contributed by atoms with Gasteiger partial charge in [-0.3, -0.25) is 24.2 Å². The first-order valence-electron chi connectivity index (χ1n) is 10.5. The number of halogens is 1. The molecular weight excluding hydrogens is 429 g/mol. The first-order valence-corrected chi connectivity index (χ1v) is 10.5. The summed E-state index contributed by atoms with van der Waals surface area (Å²) in [4.78, 5) is 42.5. The van der Waals surface area contributed by atoms with E-state index in [9.17, 15) is 18.8 Å². The van der Waals surface area contributed by atoms with Gasteiger partial charge in [-0.1, -0.05) is 18.2 Å². The van der Waals surface area contributed by atoms with Crippen molar-refractivity contribution in [1.82, 2.24) is 34.9 Å². The van der Waals surface area contributed by atoms with E-state index < -0.39 is 11.8 Å². The van der Waals surface area contributed by atoms with Crippen LogP contribution in [-0.2, 0) is 11.3 Å². The predicted molar refractivity (Wildman–Crippen MR) is 113 cm³/mol. The van der Waals surface area contributed by atoms with Crippen LogP contribution in [0.15, 0.2) is 48.5 Å². The standard InChI is InChI=1S/C22H20FN7O3/c23-15-4-3-5-16(12-15)30-19(24-25-26-30)13-27-8-10-28(11-9-27)20(31)14-29-21(32)17-6-1-2-7-18(17)22(29)33/h1-7,12H,8-11,13-14H2. The van der Waals surface area contributed by atoms with Gasteiger partial charge in [0.05, 0.1) is 23.4 Å². The number of nitrogens with zero attached hydrogens (tertiary/aromatic N) is 7. The average molecular weight is 449 g/mol. The van der Waals surface area contributed by atoms with E-state index in [2.05, 4.69) is 20.4 Å². The Morgan fingerprint density at radius 1 is 0.939 bits per heavy atom. The first-order chi connectivity index (χ1) is 16.0. The summed E-state index contributed by atoms with van der Waals surface area (Å²) in [6.07, 6.45) is 0. The second-order valence-corrected chi connectivity index (χ2v) is 7.89. The molecule has 0 radical (unpaired) electrons. The minimum atomic E-state index is -0.438. The minimum Gasteiger partial charge on any atom is -0.339 e.